The van der Waals surface area contributed by atoms with Gasteiger partial charge in [0.15, 0.2) is 0 Å². The van der Waals surface area contributed by atoms with Crippen molar-refractivity contribution in [2.45, 2.75) is 44.9 Å². The first-order valence-corrected chi connectivity index (χ1v) is 8.40. The van der Waals surface area contributed by atoms with Gasteiger partial charge in [-0.15, -0.1) is 0 Å². The molecular formula is C16H23BrN2O. The Balaban J connectivity index is 1.76. The van der Waals surface area contributed by atoms with E-state index < -0.39 is 0 Å². The van der Waals surface area contributed by atoms with Gasteiger partial charge in [0.2, 0.25) is 0 Å². The summed E-state index contributed by atoms with van der Waals surface area (Å²) < 4.78 is 7.11. The van der Waals surface area contributed by atoms with Crippen LogP contribution in [0.2, 0.25) is 0 Å². The maximum atomic E-state index is 5.91. The smallest absolute Gasteiger partial charge is 0.0755 e. The predicted molar refractivity (Wildman–Crippen MR) is 86.3 cm³/mol. The van der Waals surface area contributed by atoms with Crippen LogP contribution in [0.5, 0.6) is 0 Å². The van der Waals surface area contributed by atoms with Gasteiger partial charge in [0.25, 0.3) is 0 Å². The van der Waals surface area contributed by atoms with Gasteiger partial charge in [-0.1, -0.05) is 28.9 Å². The van der Waals surface area contributed by atoms with Crippen LogP contribution >= 0.6 is 15.9 Å². The van der Waals surface area contributed by atoms with Gasteiger partial charge in [-0.05, 0) is 44.0 Å². The third kappa shape index (κ3) is 2.87. The zero-order chi connectivity index (χ0) is 14.1. The van der Waals surface area contributed by atoms with E-state index >= 15 is 0 Å². The zero-order valence-electron chi connectivity index (χ0n) is 12.2. The van der Waals surface area contributed by atoms with Crippen molar-refractivity contribution in [3.63, 3.8) is 0 Å². The lowest BCUT2D eigenvalue weighted by Crippen LogP contribution is -2.42. The Kier molecular flexibility index (Phi) is 4.34. The number of benzene rings is 1. The maximum Gasteiger partial charge on any atom is 0.0755 e. The number of hydrogen-bond donors (Lipinski definition) is 1. The number of nitrogens with zero attached hydrogens (tertiary/aromatic N) is 1. The van der Waals surface area contributed by atoms with Gasteiger partial charge in [0.05, 0.1) is 12.2 Å². The van der Waals surface area contributed by atoms with Crippen LogP contribution < -0.4 is 10.2 Å². The average Bonchev–Trinajstić information content (AvgIpc) is 2.77. The molecule has 2 fully saturated rings. The third-order valence-corrected chi connectivity index (χ3v) is 5.06. The number of rotatable bonds is 4. The van der Waals surface area contributed by atoms with E-state index in [1.807, 2.05) is 0 Å². The van der Waals surface area contributed by atoms with Gasteiger partial charge in [0, 0.05) is 29.3 Å². The normalized spacial score (nSPS) is 26.9. The van der Waals surface area contributed by atoms with Gasteiger partial charge in [-0.25, -0.2) is 0 Å². The highest BCUT2D eigenvalue weighted by molar-refractivity contribution is 9.10. The first kappa shape index (κ1) is 14.4. The average molecular weight is 339 g/mol. The van der Waals surface area contributed by atoms with Crippen molar-refractivity contribution in [3.05, 3.63) is 28.2 Å². The Morgan fingerprint density at radius 3 is 2.65 bits per heavy atom. The van der Waals surface area contributed by atoms with Gasteiger partial charge in [-0.3, -0.25) is 0 Å². The molecular weight excluding hydrogens is 316 g/mol. The summed E-state index contributed by atoms with van der Waals surface area (Å²) in [6.07, 6.45) is 3.32. The summed E-state index contributed by atoms with van der Waals surface area (Å²) in [4.78, 5) is 2.47. The van der Waals surface area contributed by atoms with Gasteiger partial charge >= 0.3 is 0 Å². The Bertz CT molecular complexity index is 468. The highest BCUT2D eigenvalue weighted by Gasteiger charge is 2.33. The molecule has 0 amide bonds. The lowest BCUT2D eigenvalue weighted by molar-refractivity contribution is 0.0305. The lowest BCUT2D eigenvalue weighted by atomic mass is 10.1. The Hall–Kier alpha value is -0.580. The molecule has 3 unspecified atom stereocenters. The Morgan fingerprint density at radius 2 is 2.05 bits per heavy atom. The second kappa shape index (κ2) is 6.04. The molecule has 0 spiro atoms. The van der Waals surface area contributed by atoms with Crippen LogP contribution in [-0.4, -0.2) is 31.8 Å². The van der Waals surface area contributed by atoms with E-state index in [4.69, 9.17) is 4.74 Å². The summed E-state index contributed by atoms with van der Waals surface area (Å²) in [5.74, 6) is 0. The molecule has 0 aliphatic carbocycles. The highest BCUT2D eigenvalue weighted by atomic mass is 79.9. The minimum atomic E-state index is 0.379. The zero-order valence-corrected chi connectivity index (χ0v) is 13.8. The van der Waals surface area contributed by atoms with Crippen LogP contribution in [0.25, 0.3) is 0 Å². The van der Waals surface area contributed by atoms with Crippen LogP contribution in [0.4, 0.5) is 5.69 Å². The second-order valence-corrected chi connectivity index (χ2v) is 6.70. The molecule has 20 heavy (non-hydrogen) atoms. The summed E-state index contributed by atoms with van der Waals surface area (Å²) in [5.41, 5.74) is 2.64. The maximum absolute atomic E-state index is 5.91. The van der Waals surface area contributed by atoms with E-state index in [2.05, 4.69) is 58.2 Å². The van der Waals surface area contributed by atoms with E-state index in [-0.39, 0.29) is 0 Å². The Labute approximate surface area is 129 Å². The van der Waals surface area contributed by atoms with Gasteiger partial charge in [-0.2, -0.15) is 0 Å². The third-order valence-electron chi connectivity index (χ3n) is 4.37. The molecule has 2 heterocycles. The van der Waals surface area contributed by atoms with Crippen molar-refractivity contribution in [1.82, 2.24) is 5.32 Å². The second-order valence-electron chi connectivity index (χ2n) is 5.85. The van der Waals surface area contributed by atoms with Crippen LogP contribution in [0.15, 0.2) is 22.7 Å². The summed E-state index contributed by atoms with van der Waals surface area (Å²) in [5, 5.41) is 3.46. The number of morpholine rings is 1. The van der Waals surface area contributed by atoms with Crippen molar-refractivity contribution in [3.8, 4) is 0 Å². The van der Waals surface area contributed by atoms with E-state index in [1.165, 1.54) is 28.6 Å². The lowest BCUT2D eigenvalue weighted by Gasteiger charge is -2.34. The molecule has 3 rings (SSSR count). The summed E-state index contributed by atoms with van der Waals surface area (Å²) in [6, 6.07) is 7.13. The summed E-state index contributed by atoms with van der Waals surface area (Å²) >= 11 is 3.73. The number of hydrogen-bond acceptors (Lipinski definition) is 3. The van der Waals surface area contributed by atoms with Crippen LogP contribution in [0, 0.1) is 0 Å². The fraction of sp³-hybridized carbons (Fsp3) is 0.625. The quantitative estimate of drug-likeness (QED) is 0.909. The molecule has 2 bridgehead atoms. The van der Waals surface area contributed by atoms with Gasteiger partial charge in [0.1, 0.15) is 0 Å². The molecule has 2 aliphatic heterocycles. The fourth-order valence-electron chi connectivity index (χ4n) is 3.31. The molecule has 1 N–H and O–H groups in total. The molecule has 1 aromatic carbocycles. The number of halogens is 1. The van der Waals surface area contributed by atoms with Crippen LogP contribution in [-0.2, 0) is 4.74 Å². The standard InChI is InChI=1S/C16H23BrN2O/c1-3-18-11(2)15-7-4-12(8-16(15)17)19-9-13-5-6-14(10-19)20-13/h4,7-8,11,13-14,18H,3,5-6,9-10H2,1-2H3. The van der Waals surface area contributed by atoms with Crippen molar-refractivity contribution in [1.29, 1.82) is 0 Å². The molecule has 2 saturated heterocycles. The summed E-state index contributed by atoms with van der Waals surface area (Å²) in [7, 11) is 0. The largest absolute Gasteiger partial charge is 0.371 e. The molecule has 0 radical (unpaired) electrons. The van der Waals surface area contributed by atoms with E-state index in [0.717, 1.165) is 19.6 Å². The van der Waals surface area contributed by atoms with Crippen LogP contribution in [0.1, 0.15) is 38.3 Å². The molecule has 2 aliphatic rings. The van der Waals surface area contributed by atoms with E-state index in [0.29, 0.717) is 18.2 Å². The fourth-order valence-corrected chi connectivity index (χ4v) is 4.02. The molecule has 1 aromatic rings. The molecule has 0 saturated carbocycles. The van der Waals surface area contributed by atoms with E-state index in [9.17, 15) is 0 Å². The highest BCUT2D eigenvalue weighted by Crippen LogP contribution is 2.33. The monoisotopic (exact) mass is 338 g/mol. The predicted octanol–water partition coefficient (Wildman–Crippen LogP) is 3.49. The van der Waals surface area contributed by atoms with Crippen molar-refractivity contribution >= 4 is 21.6 Å². The first-order chi connectivity index (χ1) is 9.67. The number of nitrogens with one attached hydrogen (secondary N) is 1. The molecule has 110 valence electrons. The van der Waals surface area contributed by atoms with Crippen molar-refractivity contribution < 1.29 is 4.74 Å². The number of fused-ring (bicyclic) bond motifs is 2. The van der Waals surface area contributed by atoms with Crippen LogP contribution in [0.3, 0.4) is 0 Å². The SMILES string of the molecule is CCNC(C)c1ccc(N2CC3CCC(C2)O3)cc1Br. The molecule has 3 nitrogen and oxygen atoms in total. The molecule has 4 heteroatoms. The first-order valence-electron chi connectivity index (χ1n) is 7.60. The topological polar surface area (TPSA) is 24.5 Å². The molecule has 3 atom stereocenters. The minimum Gasteiger partial charge on any atom is -0.371 e. The summed E-state index contributed by atoms with van der Waals surface area (Å²) in [6.45, 7) is 7.40. The van der Waals surface area contributed by atoms with Gasteiger partial charge < -0.3 is 15.0 Å². The van der Waals surface area contributed by atoms with Crippen molar-refractivity contribution in [2.75, 3.05) is 24.5 Å². The van der Waals surface area contributed by atoms with Crippen molar-refractivity contribution in [2.24, 2.45) is 0 Å². The Morgan fingerprint density at radius 1 is 1.35 bits per heavy atom. The van der Waals surface area contributed by atoms with E-state index in [1.54, 1.807) is 0 Å². The molecule has 0 aromatic heterocycles. The number of ether oxygens (including phenoxy) is 1. The minimum absolute atomic E-state index is 0.379. The number of anilines is 1.